The van der Waals surface area contributed by atoms with Crippen molar-refractivity contribution in [1.29, 1.82) is 0 Å². The zero-order valence-electron chi connectivity index (χ0n) is 12.5. The molecule has 0 aliphatic carbocycles. The summed E-state index contributed by atoms with van der Waals surface area (Å²) in [6.45, 7) is 4.96. The summed E-state index contributed by atoms with van der Waals surface area (Å²) in [6.07, 6.45) is 0.595. The fraction of sp³-hybridized carbons (Fsp3) is 0.562. The largest absolute Gasteiger partial charge is 0.380 e. The van der Waals surface area contributed by atoms with Gasteiger partial charge in [-0.15, -0.1) is 0 Å². The zero-order valence-corrected chi connectivity index (χ0v) is 12.5. The highest BCUT2D eigenvalue weighted by Crippen LogP contribution is 2.28. The Bertz CT molecular complexity index is 514. The molecule has 5 nitrogen and oxygen atoms in total. The highest BCUT2D eigenvalue weighted by atomic mass is 16.5. The summed E-state index contributed by atoms with van der Waals surface area (Å²) in [5.74, 6) is 0.173. The van der Waals surface area contributed by atoms with Crippen molar-refractivity contribution in [3.8, 4) is 0 Å². The van der Waals surface area contributed by atoms with Gasteiger partial charge in [0.05, 0.1) is 12.1 Å². The fourth-order valence-corrected chi connectivity index (χ4v) is 3.25. The zero-order chi connectivity index (χ0) is 14.7. The molecule has 0 radical (unpaired) electrons. The lowest BCUT2D eigenvalue weighted by Crippen LogP contribution is -2.68. The van der Waals surface area contributed by atoms with Gasteiger partial charge < -0.3 is 15.4 Å². The lowest BCUT2D eigenvalue weighted by atomic mass is 9.86. The molecule has 2 saturated heterocycles. The summed E-state index contributed by atoms with van der Waals surface area (Å²) >= 11 is 0. The lowest BCUT2D eigenvalue weighted by Gasteiger charge is -2.49. The second-order valence-corrected chi connectivity index (χ2v) is 6.03. The van der Waals surface area contributed by atoms with Crippen LogP contribution in [0.25, 0.3) is 0 Å². The molecule has 1 aromatic rings. The van der Waals surface area contributed by atoms with Crippen LogP contribution >= 0.6 is 0 Å². The Balaban J connectivity index is 1.75. The molecule has 2 N–H and O–H groups in total. The molecule has 0 saturated carbocycles. The van der Waals surface area contributed by atoms with Crippen LogP contribution < -0.4 is 10.6 Å². The van der Waals surface area contributed by atoms with E-state index in [-0.39, 0.29) is 11.4 Å². The topological polar surface area (TPSA) is 53.6 Å². The molecule has 0 aromatic heterocycles. The van der Waals surface area contributed by atoms with E-state index in [1.807, 2.05) is 0 Å². The van der Waals surface area contributed by atoms with E-state index in [2.05, 4.69) is 39.8 Å². The van der Waals surface area contributed by atoms with Crippen LogP contribution in [-0.2, 0) is 22.7 Å². The number of benzene rings is 1. The summed E-state index contributed by atoms with van der Waals surface area (Å²) in [5, 5.41) is 6.31. The van der Waals surface area contributed by atoms with Crippen molar-refractivity contribution in [3.63, 3.8) is 0 Å². The van der Waals surface area contributed by atoms with Gasteiger partial charge in [-0.25, -0.2) is 0 Å². The summed E-state index contributed by atoms with van der Waals surface area (Å²) in [7, 11) is 1.72. The highest BCUT2D eigenvalue weighted by molar-refractivity contribution is 5.78. The molecule has 3 rings (SSSR count). The van der Waals surface area contributed by atoms with Gasteiger partial charge >= 0.3 is 0 Å². The first-order valence-corrected chi connectivity index (χ1v) is 7.51. The molecule has 0 unspecified atom stereocenters. The van der Waals surface area contributed by atoms with E-state index in [0.717, 1.165) is 32.7 Å². The van der Waals surface area contributed by atoms with E-state index in [1.54, 1.807) is 7.11 Å². The molecule has 0 atom stereocenters. The van der Waals surface area contributed by atoms with Crippen LogP contribution in [0.4, 0.5) is 0 Å². The van der Waals surface area contributed by atoms with E-state index in [9.17, 15) is 4.79 Å². The van der Waals surface area contributed by atoms with Gasteiger partial charge in [-0.3, -0.25) is 9.69 Å². The van der Waals surface area contributed by atoms with Crippen molar-refractivity contribution in [2.75, 3.05) is 33.3 Å². The summed E-state index contributed by atoms with van der Waals surface area (Å²) in [4.78, 5) is 14.3. The number of hydrogen-bond acceptors (Lipinski definition) is 4. The Kier molecular flexibility index (Phi) is 4.24. The maximum atomic E-state index is 11.8. The number of hydrogen-bond donors (Lipinski definition) is 2. The maximum absolute atomic E-state index is 11.8. The molecule has 1 spiro atoms. The standard InChI is InChI=1S/C16H23N3O2/c1-21-10-14-4-2-3-13(7-14)9-19-6-5-18-15(20)8-16(19)11-17-12-16/h2-4,7,17H,5-6,8-12H2,1H3,(H,18,20). The maximum Gasteiger partial charge on any atom is 0.222 e. The predicted octanol–water partition coefficient (Wildman–Crippen LogP) is 0.497. The molecule has 21 heavy (non-hydrogen) atoms. The van der Waals surface area contributed by atoms with E-state index < -0.39 is 0 Å². The van der Waals surface area contributed by atoms with Crippen molar-refractivity contribution < 1.29 is 9.53 Å². The number of carbonyl (C=O) groups is 1. The quantitative estimate of drug-likeness (QED) is 0.847. The third-order valence-corrected chi connectivity index (χ3v) is 4.45. The van der Waals surface area contributed by atoms with E-state index in [4.69, 9.17) is 4.74 Å². The van der Waals surface area contributed by atoms with Gasteiger partial charge in [-0.2, -0.15) is 0 Å². The molecular weight excluding hydrogens is 266 g/mol. The minimum atomic E-state index is -0.00214. The van der Waals surface area contributed by atoms with Gasteiger partial charge in [0.25, 0.3) is 0 Å². The van der Waals surface area contributed by atoms with E-state index >= 15 is 0 Å². The normalized spacial score (nSPS) is 21.7. The van der Waals surface area contributed by atoms with E-state index in [0.29, 0.717) is 13.0 Å². The SMILES string of the molecule is COCc1cccc(CN2CCNC(=O)CC23CNC3)c1. The molecule has 1 amide bonds. The van der Waals surface area contributed by atoms with Crippen molar-refractivity contribution in [3.05, 3.63) is 35.4 Å². The molecule has 5 heteroatoms. The van der Waals surface area contributed by atoms with Gasteiger partial charge in [0.2, 0.25) is 5.91 Å². The first kappa shape index (κ1) is 14.5. The van der Waals surface area contributed by atoms with Crippen LogP contribution in [0.15, 0.2) is 24.3 Å². The van der Waals surface area contributed by atoms with Crippen molar-refractivity contribution in [2.45, 2.75) is 25.1 Å². The fourth-order valence-electron chi connectivity index (χ4n) is 3.25. The van der Waals surface area contributed by atoms with Gasteiger partial charge in [-0.05, 0) is 11.1 Å². The molecule has 2 aliphatic rings. The number of ether oxygens (including phenoxy) is 1. The molecule has 2 aliphatic heterocycles. The Morgan fingerprint density at radius 2 is 2.14 bits per heavy atom. The Labute approximate surface area is 125 Å². The predicted molar refractivity (Wildman–Crippen MR) is 80.8 cm³/mol. The van der Waals surface area contributed by atoms with Crippen LogP contribution in [-0.4, -0.2) is 49.6 Å². The molecule has 114 valence electrons. The number of methoxy groups -OCH3 is 1. The van der Waals surface area contributed by atoms with Crippen LogP contribution in [0.3, 0.4) is 0 Å². The smallest absolute Gasteiger partial charge is 0.222 e. The number of amides is 1. The van der Waals surface area contributed by atoms with Gasteiger partial charge in [0, 0.05) is 46.3 Å². The monoisotopic (exact) mass is 289 g/mol. The van der Waals surface area contributed by atoms with Gasteiger partial charge in [0.1, 0.15) is 0 Å². The average Bonchev–Trinajstić information content (AvgIpc) is 2.59. The second kappa shape index (κ2) is 6.13. The molecular formula is C16H23N3O2. The average molecular weight is 289 g/mol. The third kappa shape index (κ3) is 3.10. The van der Waals surface area contributed by atoms with E-state index in [1.165, 1.54) is 11.1 Å². The van der Waals surface area contributed by atoms with Crippen molar-refractivity contribution >= 4 is 5.91 Å². The minimum absolute atomic E-state index is 0.00214. The van der Waals surface area contributed by atoms with Crippen molar-refractivity contribution in [1.82, 2.24) is 15.5 Å². The van der Waals surface area contributed by atoms with Crippen LogP contribution in [0, 0.1) is 0 Å². The minimum Gasteiger partial charge on any atom is -0.380 e. The van der Waals surface area contributed by atoms with Gasteiger partial charge in [0.15, 0.2) is 0 Å². The third-order valence-electron chi connectivity index (χ3n) is 4.45. The van der Waals surface area contributed by atoms with Crippen LogP contribution in [0.1, 0.15) is 17.5 Å². The first-order chi connectivity index (χ1) is 10.2. The lowest BCUT2D eigenvalue weighted by molar-refractivity contribution is -0.123. The summed E-state index contributed by atoms with van der Waals surface area (Å²) in [6, 6.07) is 8.51. The number of nitrogens with one attached hydrogen (secondary N) is 2. The number of rotatable bonds is 4. The second-order valence-electron chi connectivity index (χ2n) is 6.03. The Hall–Kier alpha value is -1.43. The molecule has 2 fully saturated rings. The molecule has 2 heterocycles. The number of carbonyl (C=O) groups excluding carboxylic acids is 1. The van der Waals surface area contributed by atoms with Crippen LogP contribution in [0.5, 0.6) is 0 Å². The Morgan fingerprint density at radius 1 is 1.33 bits per heavy atom. The Morgan fingerprint density at radius 3 is 2.86 bits per heavy atom. The highest BCUT2D eigenvalue weighted by Gasteiger charge is 2.45. The van der Waals surface area contributed by atoms with Crippen molar-refractivity contribution in [2.24, 2.45) is 0 Å². The summed E-state index contributed by atoms with van der Waals surface area (Å²) in [5.41, 5.74) is 2.47. The summed E-state index contributed by atoms with van der Waals surface area (Å²) < 4.78 is 5.20. The van der Waals surface area contributed by atoms with Crippen LogP contribution in [0.2, 0.25) is 0 Å². The molecule has 0 bridgehead atoms. The molecule has 1 aromatic carbocycles. The van der Waals surface area contributed by atoms with Gasteiger partial charge in [-0.1, -0.05) is 24.3 Å². The first-order valence-electron chi connectivity index (χ1n) is 7.51. The number of nitrogens with zero attached hydrogens (tertiary/aromatic N) is 1.